The predicted molar refractivity (Wildman–Crippen MR) is 51.9 cm³/mol. The highest BCUT2D eigenvalue weighted by atomic mass is 16.5. The van der Waals surface area contributed by atoms with Crippen molar-refractivity contribution in [3.63, 3.8) is 0 Å². The third kappa shape index (κ3) is 2.69. The first-order chi connectivity index (χ1) is 7.19. The fourth-order valence-corrected chi connectivity index (χ4v) is 1.05. The van der Waals surface area contributed by atoms with Gasteiger partial charge in [0.2, 0.25) is 0 Å². The van der Waals surface area contributed by atoms with Gasteiger partial charge in [-0.3, -0.25) is 0 Å². The number of nitriles is 1. The first-order valence-corrected chi connectivity index (χ1v) is 4.25. The van der Waals surface area contributed by atoms with Gasteiger partial charge in [0.05, 0.1) is 0 Å². The summed E-state index contributed by atoms with van der Waals surface area (Å²) in [5.41, 5.74) is 6.10. The highest BCUT2D eigenvalue weighted by Gasteiger charge is 2.12. The summed E-state index contributed by atoms with van der Waals surface area (Å²) in [5, 5.41) is 17.7. The van der Waals surface area contributed by atoms with E-state index < -0.39 is 5.97 Å². The van der Waals surface area contributed by atoms with Crippen molar-refractivity contribution in [3.05, 3.63) is 29.3 Å². The summed E-state index contributed by atoms with van der Waals surface area (Å²) >= 11 is 0. The van der Waals surface area contributed by atoms with Crippen LogP contribution in [0.5, 0.6) is 5.75 Å². The van der Waals surface area contributed by atoms with E-state index in [-0.39, 0.29) is 24.5 Å². The largest absolute Gasteiger partial charge is 0.507 e. The molecule has 0 aliphatic heterocycles. The van der Waals surface area contributed by atoms with E-state index in [0.717, 1.165) is 0 Å². The van der Waals surface area contributed by atoms with Crippen molar-refractivity contribution in [2.45, 2.75) is 6.54 Å². The second kappa shape index (κ2) is 4.98. The normalized spacial score (nSPS) is 9.33. The van der Waals surface area contributed by atoms with Crippen molar-refractivity contribution in [3.8, 4) is 11.8 Å². The first kappa shape index (κ1) is 11.0. The van der Waals surface area contributed by atoms with E-state index in [4.69, 9.17) is 11.0 Å². The van der Waals surface area contributed by atoms with Crippen LogP contribution < -0.4 is 5.73 Å². The van der Waals surface area contributed by atoms with Crippen LogP contribution in [0.4, 0.5) is 0 Å². The van der Waals surface area contributed by atoms with Crippen LogP contribution in [0.1, 0.15) is 15.9 Å². The number of ether oxygens (including phenoxy) is 1. The van der Waals surface area contributed by atoms with Crippen LogP contribution in [-0.4, -0.2) is 17.7 Å². The Morgan fingerprint density at radius 2 is 2.33 bits per heavy atom. The summed E-state index contributed by atoms with van der Waals surface area (Å²) in [6, 6.07) is 6.09. The molecule has 0 aromatic heterocycles. The Kier molecular flexibility index (Phi) is 3.66. The molecule has 5 heteroatoms. The standard InChI is InChI=1S/C10H10N2O3/c11-3-4-15-10(14)8-2-1-7(6-12)5-9(8)13/h1-2,5,13H,4,6,12H2. The van der Waals surface area contributed by atoms with Crippen molar-refractivity contribution >= 4 is 5.97 Å². The lowest BCUT2D eigenvalue weighted by Gasteiger charge is -2.04. The number of aromatic hydroxyl groups is 1. The lowest BCUT2D eigenvalue weighted by Crippen LogP contribution is -2.06. The van der Waals surface area contributed by atoms with Crippen LogP contribution in [-0.2, 0) is 11.3 Å². The molecule has 1 rings (SSSR count). The fourth-order valence-electron chi connectivity index (χ4n) is 1.05. The Bertz CT molecular complexity index is 410. The maximum Gasteiger partial charge on any atom is 0.342 e. The molecule has 0 bridgehead atoms. The number of carbonyl (C=O) groups is 1. The van der Waals surface area contributed by atoms with Gasteiger partial charge in [0, 0.05) is 6.54 Å². The number of benzene rings is 1. The summed E-state index contributed by atoms with van der Waals surface area (Å²) in [4.78, 5) is 11.3. The van der Waals surface area contributed by atoms with Gasteiger partial charge in [-0.1, -0.05) is 6.07 Å². The minimum absolute atomic E-state index is 0.0300. The average molecular weight is 206 g/mol. The van der Waals surface area contributed by atoms with Gasteiger partial charge in [-0.15, -0.1) is 0 Å². The number of hydrogen-bond acceptors (Lipinski definition) is 5. The molecule has 0 radical (unpaired) electrons. The minimum atomic E-state index is -0.724. The summed E-state index contributed by atoms with van der Waals surface area (Å²) in [6.45, 7) is -0.0575. The van der Waals surface area contributed by atoms with Crippen molar-refractivity contribution < 1.29 is 14.6 Å². The van der Waals surface area contributed by atoms with Crippen molar-refractivity contribution in [2.24, 2.45) is 5.73 Å². The van der Waals surface area contributed by atoms with E-state index in [1.807, 2.05) is 0 Å². The Labute approximate surface area is 86.7 Å². The molecule has 15 heavy (non-hydrogen) atoms. The van der Waals surface area contributed by atoms with Crippen LogP contribution in [0.3, 0.4) is 0 Å². The highest BCUT2D eigenvalue weighted by Crippen LogP contribution is 2.19. The molecule has 0 aliphatic carbocycles. The van der Waals surface area contributed by atoms with Gasteiger partial charge >= 0.3 is 5.97 Å². The van der Waals surface area contributed by atoms with Crippen LogP contribution in [0.2, 0.25) is 0 Å². The van der Waals surface area contributed by atoms with Crippen molar-refractivity contribution in [2.75, 3.05) is 6.61 Å². The van der Waals surface area contributed by atoms with Gasteiger partial charge in [0.1, 0.15) is 17.4 Å². The van der Waals surface area contributed by atoms with Gasteiger partial charge in [-0.25, -0.2) is 4.79 Å². The molecule has 0 saturated carbocycles. The molecule has 5 nitrogen and oxygen atoms in total. The van der Waals surface area contributed by atoms with Gasteiger partial charge in [-0.2, -0.15) is 5.26 Å². The second-order valence-corrected chi connectivity index (χ2v) is 2.79. The van der Waals surface area contributed by atoms with Crippen LogP contribution in [0.25, 0.3) is 0 Å². The van der Waals surface area contributed by atoms with Crippen LogP contribution >= 0.6 is 0 Å². The van der Waals surface area contributed by atoms with E-state index in [2.05, 4.69) is 4.74 Å². The molecule has 3 N–H and O–H groups in total. The average Bonchev–Trinajstić information content (AvgIpc) is 2.25. The van der Waals surface area contributed by atoms with Crippen molar-refractivity contribution in [1.82, 2.24) is 0 Å². The Morgan fingerprint density at radius 3 is 2.87 bits per heavy atom. The molecule has 0 spiro atoms. The molecule has 0 unspecified atom stereocenters. The van der Waals surface area contributed by atoms with Crippen molar-refractivity contribution in [1.29, 1.82) is 5.26 Å². The molecular formula is C10H10N2O3. The number of rotatable bonds is 3. The van der Waals surface area contributed by atoms with Crippen LogP contribution in [0, 0.1) is 11.3 Å². The van der Waals surface area contributed by atoms with E-state index in [1.165, 1.54) is 12.1 Å². The quantitative estimate of drug-likeness (QED) is 0.703. The number of carbonyl (C=O) groups excluding carboxylic acids is 1. The van der Waals surface area contributed by atoms with E-state index >= 15 is 0 Å². The lowest BCUT2D eigenvalue weighted by molar-refractivity contribution is 0.0551. The maximum absolute atomic E-state index is 11.3. The Hall–Kier alpha value is -2.06. The molecule has 0 atom stereocenters. The molecule has 78 valence electrons. The zero-order valence-electron chi connectivity index (χ0n) is 7.93. The minimum Gasteiger partial charge on any atom is -0.507 e. The molecule has 0 saturated heterocycles. The summed E-state index contributed by atoms with van der Waals surface area (Å²) in [6.07, 6.45) is 0. The molecule has 0 heterocycles. The second-order valence-electron chi connectivity index (χ2n) is 2.79. The summed E-state index contributed by atoms with van der Waals surface area (Å²) < 4.78 is 4.54. The zero-order chi connectivity index (χ0) is 11.3. The van der Waals surface area contributed by atoms with Gasteiger partial charge in [0.25, 0.3) is 0 Å². The topological polar surface area (TPSA) is 96.3 Å². The van der Waals surface area contributed by atoms with Gasteiger partial charge in [0.15, 0.2) is 6.61 Å². The highest BCUT2D eigenvalue weighted by molar-refractivity contribution is 5.92. The fraction of sp³-hybridized carbons (Fsp3) is 0.200. The number of nitrogens with zero attached hydrogens (tertiary/aromatic N) is 1. The number of esters is 1. The smallest absolute Gasteiger partial charge is 0.342 e. The molecule has 1 aromatic carbocycles. The first-order valence-electron chi connectivity index (χ1n) is 4.25. The molecule has 0 amide bonds. The number of nitrogens with two attached hydrogens (primary N) is 1. The zero-order valence-corrected chi connectivity index (χ0v) is 7.93. The third-order valence-corrected chi connectivity index (χ3v) is 1.79. The van der Waals surface area contributed by atoms with E-state index in [9.17, 15) is 9.90 Å². The number of phenols is 1. The number of phenolic OH excluding ortho intramolecular Hbond substituents is 1. The molecular weight excluding hydrogens is 196 g/mol. The lowest BCUT2D eigenvalue weighted by atomic mass is 10.1. The Balaban J connectivity index is 2.86. The van der Waals surface area contributed by atoms with Gasteiger partial charge < -0.3 is 15.6 Å². The summed E-state index contributed by atoms with van der Waals surface area (Å²) in [7, 11) is 0. The molecule has 0 aliphatic rings. The maximum atomic E-state index is 11.3. The van der Waals surface area contributed by atoms with Gasteiger partial charge in [-0.05, 0) is 17.7 Å². The van der Waals surface area contributed by atoms with Crippen LogP contribution in [0.15, 0.2) is 18.2 Å². The SMILES string of the molecule is N#CCOC(=O)c1ccc(CN)cc1O. The monoisotopic (exact) mass is 206 g/mol. The molecule has 0 fully saturated rings. The van der Waals surface area contributed by atoms with E-state index in [1.54, 1.807) is 12.1 Å². The third-order valence-electron chi connectivity index (χ3n) is 1.79. The summed E-state index contributed by atoms with van der Waals surface area (Å²) in [5.74, 6) is -0.918. The number of hydrogen-bond donors (Lipinski definition) is 2. The predicted octanol–water partition coefficient (Wildman–Crippen LogP) is 0.531. The Morgan fingerprint density at radius 1 is 1.60 bits per heavy atom. The molecule has 1 aromatic rings. The van der Waals surface area contributed by atoms with E-state index in [0.29, 0.717) is 5.56 Å².